The zero-order valence-electron chi connectivity index (χ0n) is 18.7. The first-order valence-electron chi connectivity index (χ1n) is 11.3. The average Bonchev–Trinajstić information content (AvgIpc) is 3.10. The Morgan fingerprint density at radius 1 is 1.25 bits per heavy atom. The Morgan fingerprint density at radius 2 is 2.09 bits per heavy atom. The third-order valence-electron chi connectivity index (χ3n) is 6.03. The summed E-state index contributed by atoms with van der Waals surface area (Å²) in [4.78, 5) is 19.4. The first-order valence-corrected chi connectivity index (χ1v) is 12.1. The third kappa shape index (κ3) is 5.15. The number of imidazole rings is 1. The van der Waals surface area contributed by atoms with Gasteiger partial charge in [0.1, 0.15) is 18.0 Å². The molecule has 32 heavy (non-hydrogen) atoms. The highest BCUT2D eigenvalue weighted by molar-refractivity contribution is 9.10. The van der Waals surface area contributed by atoms with E-state index in [9.17, 15) is 4.79 Å². The molecule has 4 rings (SSSR count). The maximum atomic E-state index is 12.1. The van der Waals surface area contributed by atoms with E-state index in [1.807, 2.05) is 30.3 Å². The lowest BCUT2D eigenvalue weighted by Gasteiger charge is -2.25. The summed E-state index contributed by atoms with van der Waals surface area (Å²) in [6.07, 6.45) is 6.16. The van der Waals surface area contributed by atoms with Crippen molar-refractivity contribution in [3.8, 4) is 17.0 Å². The number of rotatable bonds is 10. The van der Waals surface area contributed by atoms with Crippen LogP contribution in [0, 0.1) is 5.92 Å². The zero-order chi connectivity index (χ0) is 22.5. The summed E-state index contributed by atoms with van der Waals surface area (Å²) in [6.45, 7) is 4.91. The summed E-state index contributed by atoms with van der Waals surface area (Å²) < 4.78 is 14.1. The largest absolute Gasteiger partial charge is 0.497 e. The van der Waals surface area contributed by atoms with Gasteiger partial charge in [0.05, 0.1) is 24.4 Å². The second-order valence-electron chi connectivity index (χ2n) is 8.29. The Hall–Kier alpha value is -2.38. The van der Waals surface area contributed by atoms with Crippen LogP contribution in [-0.2, 0) is 16.1 Å². The van der Waals surface area contributed by atoms with Gasteiger partial charge in [-0.1, -0.05) is 25.5 Å². The molecule has 1 fully saturated rings. The van der Waals surface area contributed by atoms with Gasteiger partial charge in [0.25, 0.3) is 0 Å². The van der Waals surface area contributed by atoms with Gasteiger partial charge in [-0.2, -0.15) is 0 Å². The SMILES string of the molecule is CCCN(CCOC(=O)C1CCC1)Cc1c(-c2cccc(OC)c2)nc2ccc(Br)cn12. The Morgan fingerprint density at radius 3 is 2.81 bits per heavy atom. The minimum absolute atomic E-state index is 0.0384. The molecule has 7 heteroatoms. The standard InChI is InChI=1S/C25H30BrN3O3/c1-3-12-28(13-14-32-25(30)18-6-4-7-18)17-22-24(19-8-5-9-21(15-19)31-2)27-23-11-10-20(26)16-29(22)23/h5,8-11,15-16,18H,3-4,6-7,12-14,17H2,1-2H3. The van der Waals surface area contributed by atoms with Crippen LogP contribution < -0.4 is 4.74 Å². The maximum Gasteiger partial charge on any atom is 0.308 e. The molecule has 170 valence electrons. The van der Waals surface area contributed by atoms with Crippen molar-refractivity contribution >= 4 is 27.5 Å². The number of ether oxygens (including phenoxy) is 2. The second-order valence-corrected chi connectivity index (χ2v) is 9.20. The normalized spacial score (nSPS) is 14.0. The van der Waals surface area contributed by atoms with Gasteiger partial charge >= 0.3 is 5.97 Å². The van der Waals surface area contributed by atoms with Crippen LogP contribution in [0.2, 0.25) is 0 Å². The van der Waals surface area contributed by atoms with Crippen LogP contribution in [0.3, 0.4) is 0 Å². The number of nitrogens with zero attached hydrogens (tertiary/aromatic N) is 3. The first kappa shape index (κ1) is 22.8. The molecule has 6 nitrogen and oxygen atoms in total. The van der Waals surface area contributed by atoms with E-state index in [0.29, 0.717) is 19.7 Å². The number of carbonyl (C=O) groups excluding carboxylic acids is 1. The zero-order valence-corrected chi connectivity index (χ0v) is 20.3. The molecule has 2 heterocycles. The van der Waals surface area contributed by atoms with E-state index >= 15 is 0 Å². The second kappa shape index (κ2) is 10.5. The minimum Gasteiger partial charge on any atom is -0.497 e. The molecule has 0 bridgehead atoms. The van der Waals surface area contributed by atoms with Crippen molar-refractivity contribution < 1.29 is 14.3 Å². The molecule has 2 aromatic heterocycles. The van der Waals surface area contributed by atoms with E-state index in [-0.39, 0.29) is 11.9 Å². The number of hydrogen-bond acceptors (Lipinski definition) is 5. The van der Waals surface area contributed by atoms with Crippen molar-refractivity contribution in [2.75, 3.05) is 26.8 Å². The minimum atomic E-state index is -0.0384. The van der Waals surface area contributed by atoms with E-state index in [2.05, 4.69) is 44.4 Å². The van der Waals surface area contributed by atoms with Gasteiger partial charge in [-0.25, -0.2) is 4.98 Å². The summed E-state index contributed by atoms with van der Waals surface area (Å²) in [5.41, 5.74) is 3.96. The number of esters is 1. The van der Waals surface area contributed by atoms with Crippen LogP contribution >= 0.6 is 15.9 Å². The average molecular weight is 500 g/mol. The summed E-state index contributed by atoms with van der Waals surface area (Å²) in [5.74, 6) is 0.883. The number of pyridine rings is 1. The maximum absolute atomic E-state index is 12.1. The van der Waals surface area contributed by atoms with Gasteiger partial charge in [0, 0.05) is 29.3 Å². The number of carbonyl (C=O) groups is 1. The quantitative estimate of drug-likeness (QED) is 0.353. The van der Waals surface area contributed by atoms with Crippen LogP contribution in [0.5, 0.6) is 5.75 Å². The van der Waals surface area contributed by atoms with Gasteiger partial charge in [-0.05, 0) is 66.0 Å². The van der Waals surface area contributed by atoms with E-state index in [0.717, 1.165) is 65.0 Å². The molecule has 0 unspecified atom stereocenters. The van der Waals surface area contributed by atoms with E-state index in [4.69, 9.17) is 14.5 Å². The monoisotopic (exact) mass is 499 g/mol. The highest BCUT2D eigenvalue weighted by Gasteiger charge is 2.26. The Kier molecular flexibility index (Phi) is 7.48. The molecule has 0 atom stereocenters. The number of benzene rings is 1. The molecule has 1 aliphatic carbocycles. The van der Waals surface area contributed by atoms with Gasteiger partial charge in [0.2, 0.25) is 0 Å². The van der Waals surface area contributed by atoms with E-state index < -0.39 is 0 Å². The Labute approximate surface area is 197 Å². The predicted molar refractivity (Wildman–Crippen MR) is 129 cm³/mol. The van der Waals surface area contributed by atoms with Crippen molar-refractivity contribution in [1.82, 2.24) is 14.3 Å². The Bertz CT molecular complexity index is 1080. The van der Waals surface area contributed by atoms with Gasteiger partial charge in [-0.3, -0.25) is 9.69 Å². The molecule has 0 radical (unpaired) electrons. The number of halogens is 1. The van der Waals surface area contributed by atoms with Crippen molar-refractivity contribution in [1.29, 1.82) is 0 Å². The number of aromatic nitrogens is 2. The number of methoxy groups -OCH3 is 1. The molecule has 0 spiro atoms. The highest BCUT2D eigenvalue weighted by atomic mass is 79.9. The third-order valence-corrected chi connectivity index (χ3v) is 6.50. The van der Waals surface area contributed by atoms with Gasteiger partial charge in [0.15, 0.2) is 0 Å². The van der Waals surface area contributed by atoms with Gasteiger partial charge in [-0.15, -0.1) is 0 Å². The smallest absolute Gasteiger partial charge is 0.308 e. The fraction of sp³-hybridized carbons (Fsp3) is 0.440. The van der Waals surface area contributed by atoms with Crippen LogP contribution in [0.1, 0.15) is 38.3 Å². The van der Waals surface area contributed by atoms with Crippen molar-refractivity contribution in [3.63, 3.8) is 0 Å². The van der Waals surface area contributed by atoms with Crippen molar-refractivity contribution in [3.05, 3.63) is 52.8 Å². The molecule has 0 amide bonds. The molecule has 3 aromatic rings. The van der Waals surface area contributed by atoms with Crippen LogP contribution in [0.25, 0.3) is 16.9 Å². The van der Waals surface area contributed by atoms with Crippen molar-refractivity contribution in [2.24, 2.45) is 5.92 Å². The van der Waals surface area contributed by atoms with Crippen molar-refractivity contribution in [2.45, 2.75) is 39.2 Å². The number of hydrogen-bond donors (Lipinski definition) is 0. The molecule has 0 N–H and O–H groups in total. The fourth-order valence-corrected chi connectivity index (χ4v) is 4.39. The highest BCUT2D eigenvalue weighted by Crippen LogP contribution is 2.30. The summed E-state index contributed by atoms with van der Waals surface area (Å²) >= 11 is 3.60. The summed E-state index contributed by atoms with van der Waals surface area (Å²) in [5, 5.41) is 0. The lowest BCUT2D eigenvalue weighted by Crippen LogP contribution is -2.31. The predicted octanol–water partition coefficient (Wildman–Crippen LogP) is 5.33. The summed E-state index contributed by atoms with van der Waals surface area (Å²) in [6, 6.07) is 12.0. The van der Waals surface area contributed by atoms with Crippen LogP contribution in [0.15, 0.2) is 47.1 Å². The molecule has 0 aliphatic heterocycles. The molecular weight excluding hydrogens is 470 g/mol. The number of fused-ring (bicyclic) bond motifs is 1. The lowest BCUT2D eigenvalue weighted by atomic mass is 9.86. The topological polar surface area (TPSA) is 56.1 Å². The van der Waals surface area contributed by atoms with E-state index in [1.165, 1.54) is 0 Å². The summed E-state index contributed by atoms with van der Waals surface area (Å²) in [7, 11) is 1.68. The molecule has 1 saturated carbocycles. The van der Waals surface area contributed by atoms with Gasteiger partial charge < -0.3 is 13.9 Å². The van der Waals surface area contributed by atoms with Crippen LogP contribution in [-0.4, -0.2) is 47.1 Å². The molecular formula is C25H30BrN3O3. The first-order chi connectivity index (χ1) is 15.6. The van der Waals surface area contributed by atoms with E-state index in [1.54, 1.807) is 7.11 Å². The lowest BCUT2D eigenvalue weighted by molar-refractivity contribution is -0.151. The Balaban J connectivity index is 1.59. The fourth-order valence-electron chi connectivity index (χ4n) is 4.06. The molecule has 1 aromatic carbocycles. The molecule has 0 saturated heterocycles. The van der Waals surface area contributed by atoms with Crippen LogP contribution in [0.4, 0.5) is 0 Å². The molecule has 1 aliphatic rings.